The predicted molar refractivity (Wildman–Crippen MR) is 171 cm³/mol. The molecule has 48 heavy (non-hydrogen) atoms. The van der Waals surface area contributed by atoms with Gasteiger partial charge in [0, 0.05) is 32.4 Å². The van der Waals surface area contributed by atoms with Gasteiger partial charge in [0.1, 0.15) is 23.7 Å². The summed E-state index contributed by atoms with van der Waals surface area (Å²) < 4.78 is 47.6. The minimum Gasteiger partial charge on any atom is -0.510 e. The summed E-state index contributed by atoms with van der Waals surface area (Å²) in [5, 5.41) is 17.2. The van der Waals surface area contributed by atoms with Gasteiger partial charge in [-0.25, -0.2) is 4.98 Å². The fourth-order valence-electron chi connectivity index (χ4n) is 5.70. The van der Waals surface area contributed by atoms with E-state index in [2.05, 4.69) is 25.4 Å². The number of aliphatic hydroxyl groups is 1. The molecule has 5 heterocycles. The van der Waals surface area contributed by atoms with Gasteiger partial charge in [0.05, 0.1) is 30.3 Å². The number of nitrogens with one attached hydrogen (secondary N) is 1. The molecule has 14 nitrogen and oxygen atoms in total. The third kappa shape index (κ3) is 6.95. The number of carbonyl (C=O) groups excluding carboxylic acids is 2. The van der Waals surface area contributed by atoms with E-state index in [1.165, 1.54) is 20.1 Å². The topological polar surface area (TPSA) is 160 Å². The van der Waals surface area contributed by atoms with Crippen molar-refractivity contribution in [2.24, 2.45) is 4.99 Å². The first-order chi connectivity index (χ1) is 22.8. The Bertz CT molecular complexity index is 1880. The van der Waals surface area contributed by atoms with Gasteiger partial charge in [-0.1, -0.05) is 13.0 Å². The lowest BCUT2D eigenvalue weighted by atomic mass is 10.1. The van der Waals surface area contributed by atoms with Crippen LogP contribution in [-0.4, -0.2) is 91.6 Å². The molecule has 1 fully saturated rings. The maximum atomic E-state index is 14.1. The van der Waals surface area contributed by atoms with Gasteiger partial charge in [-0.05, 0) is 51.3 Å². The number of halogens is 3. The molecule has 3 aromatic rings. The quantitative estimate of drug-likeness (QED) is 0.208. The summed E-state index contributed by atoms with van der Waals surface area (Å²) in [6, 6.07) is 1.94. The van der Waals surface area contributed by atoms with Crippen LogP contribution >= 0.6 is 0 Å². The summed E-state index contributed by atoms with van der Waals surface area (Å²) in [6.45, 7) is 7.68. The van der Waals surface area contributed by atoms with E-state index in [0.29, 0.717) is 37.6 Å². The highest BCUT2D eigenvalue weighted by Gasteiger charge is 2.33. The molecule has 0 aliphatic carbocycles. The van der Waals surface area contributed by atoms with E-state index >= 15 is 0 Å². The van der Waals surface area contributed by atoms with Crippen LogP contribution in [0.1, 0.15) is 50.1 Å². The fourth-order valence-corrected chi connectivity index (χ4v) is 5.70. The number of rotatable bonds is 8. The Kier molecular flexibility index (Phi) is 9.98. The van der Waals surface area contributed by atoms with Crippen molar-refractivity contribution in [3.63, 3.8) is 0 Å². The zero-order chi connectivity index (χ0) is 34.7. The Balaban J connectivity index is 1.52. The standard InChI is InChI=1S/C31H36F3N9O5/c1-5-22-26(40-11-13-41(14-12-40)28(46)25(19(4)44)35-6-2)29(47)43-30(38-27(39-43)20-9-15-48-16-10-20)42(22)17-24(45)37-21-7-8-23(31(32,33)34)36-18(21)3/h6-9,44H,5,10-17H2,1-4H3,(H,37,45)/b25-19+,35-6?. The van der Waals surface area contributed by atoms with E-state index in [-0.39, 0.29) is 67.0 Å². The lowest BCUT2D eigenvalue weighted by Gasteiger charge is -2.36. The Morgan fingerprint density at radius 3 is 2.48 bits per heavy atom. The molecule has 2 aliphatic heterocycles. The van der Waals surface area contributed by atoms with E-state index in [1.807, 2.05) is 17.9 Å². The van der Waals surface area contributed by atoms with Crippen molar-refractivity contribution >= 4 is 40.8 Å². The zero-order valence-electron chi connectivity index (χ0n) is 27.0. The summed E-state index contributed by atoms with van der Waals surface area (Å²) in [5.74, 6) is -0.778. The number of nitrogens with zero attached hydrogens (tertiary/aromatic N) is 8. The number of piperazine rings is 1. The second-order valence-electron chi connectivity index (χ2n) is 11.2. The highest BCUT2D eigenvalue weighted by atomic mass is 19.4. The van der Waals surface area contributed by atoms with Crippen LogP contribution in [0.4, 0.5) is 24.5 Å². The molecular weight excluding hydrogens is 635 g/mol. The van der Waals surface area contributed by atoms with Crippen LogP contribution in [0.3, 0.4) is 0 Å². The normalized spacial score (nSPS) is 16.4. The number of ether oxygens (including phenoxy) is 1. The maximum Gasteiger partial charge on any atom is 0.433 e. The van der Waals surface area contributed by atoms with Crippen molar-refractivity contribution in [1.82, 2.24) is 29.0 Å². The zero-order valence-corrected chi connectivity index (χ0v) is 27.0. The number of carbonyl (C=O) groups is 2. The van der Waals surface area contributed by atoms with Crippen LogP contribution in [0.5, 0.6) is 0 Å². The molecule has 2 N–H and O–H groups in total. The molecule has 2 amide bonds. The first kappa shape index (κ1) is 34.3. The van der Waals surface area contributed by atoms with Gasteiger partial charge in [0.15, 0.2) is 11.5 Å². The molecule has 0 radical (unpaired) electrons. The van der Waals surface area contributed by atoms with Crippen molar-refractivity contribution in [3.8, 4) is 0 Å². The second kappa shape index (κ2) is 14.0. The van der Waals surface area contributed by atoms with Crippen LogP contribution in [0.2, 0.25) is 0 Å². The lowest BCUT2D eigenvalue weighted by molar-refractivity contribution is -0.141. The molecule has 1 saturated heterocycles. The number of aryl methyl sites for hydroxylation is 1. The van der Waals surface area contributed by atoms with Crippen molar-refractivity contribution in [2.75, 3.05) is 49.6 Å². The Hall–Kier alpha value is -5.06. The van der Waals surface area contributed by atoms with E-state index in [1.54, 1.807) is 16.4 Å². The Labute approximate surface area is 273 Å². The monoisotopic (exact) mass is 671 g/mol. The summed E-state index contributed by atoms with van der Waals surface area (Å²) >= 11 is 0. The molecule has 256 valence electrons. The molecule has 2 aliphatic rings. The molecule has 5 rings (SSSR count). The number of anilines is 2. The minimum absolute atomic E-state index is 0.0118. The van der Waals surface area contributed by atoms with Crippen molar-refractivity contribution < 1.29 is 32.6 Å². The number of alkyl halides is 3. The number of hydrogen-bond acceptors (Lipinski definition) is 10. The molecule has 17 heteroatoms. The Morgan fingerprint density at radius 1 is 1.17 bits per heavy atom. The Morgan fingerprint density at radius 2 is 1.90 bits per heavy atom. The molecule has 3 aromatic heterocycles. The number of pyridine rings is 1. The molecule has 0 spiro atoms. The van der Waals surface area contributed by atoms with E-state index in [0.717, 1.165) is 22.2 Å². The molecule has 0 saturated carbocycles. The van der Waals surface area contributed by atoms with Crippen LogP contribution < -0.4 is 15.8 Å². The van der Waals surface area contributed by atoms with Crippen LogP contribution in [0.15, 0.2) is 39.5 Å². The van der Waals surface area contributed by atoms with E-state index in [9.17, 15) is 32.7 Å². The molecule has 0 unspecified atom stereocenters. The largest absolute Gasteiger partial charge is 0.510 e. The van der Waals surface area contributed by atoms with Crippen LogP contribution in [0, 0.1) is 6.92 Å². The van der Waals surface area contributed by atoms with Gasteiger partial charge >= 0.3 is 6.18 Å². The van der Waals surface area contributed by atoms with Gasteiger partial charge in [-0.2, -0.15) is 22.7 Å². The predicted octanol–water partition coefficient (Wildman–Crippen LogP) is 3.15. The molecular formula is C31H36F3N9O5. The summed E-state index contributed by atoms with van der Waals surface area (Å²) in [5.41, 5.74) is 0.0782. The van der Waals surface area contributed by atoms with Gasteiger partial charge in [0.25, 0.3) is 11.5 Å². The molecule has 0 aromatic carbocycles. The SMILES string of the molecule is CC=N/C(C(=O)N1CCN(c2c(CC)n(CC(=O)Nc3ccc(C(F)(F)F)nc3C)c3nc(C4=CCOCC4)nn3c2=O)CC1)=C(\C)O. The number of aliphatic hydroxyl groups excluding tert-OH is 1. The number of fused-ring (bicyclic) bond motifs is 1. The average molecular weight is 672 g/mol. The first-order valence-electron chi connectivity index (χ1n) is 15.4. The van der Waals surface area contributed by atoms with Gasteiger partial charge in [0.2, 0.25) is 11.7 Å². The molecule has 0 atom stereocenters. The minimum atomic E-state index is -4.63. The first-order valence-corrected chi connectivity index (χ1v) is 15.4. The van der Waals surface area contributed by atoms with Gasteiger partial charge in [-0.3, -0.25) is 19.4 Å². The lowest BCUT2D eigenvalue weighted by Crippen LogP contribution is -2.51. The summed E-state index contributed by atoms with van der Waals surface area (Å²) in [7, 11) is 0. The average Bonchev–Trinajstić information content (AvgIpc) is 3.51. The number of aromatic nitrogens is 5. The van der Waals surface area contributed by atoms with Crippen LogP contribution in [-0.2, 0) is 33.5 Å². The number of aliphatic imine (C=N–C) groups is 1. The highest BCUT2D eigenvalue weighted by molar-refractivity contribution is 5.95. The number of amides is 2. The van der Waals surface area contributed by atoms with E-state index < -0.39 is 29.2 Å². The van der Waals surface area contributed by atoms with E-state index in [4.69, 9.17) is 4.74 Å². The van der Waals surface area contributed by atoms with Gasteiger partial charge in [-0.15, -0.1) is 5.10 Å². The third-order valence-corrected chi connectivity index (χ3v) is 8.05. The van der Waals surface area contributed by atoms with Crippen molar-refractivity contribution in [3.05, 3.63) is 62.9 Å². The smallest absolute Gasteiger partial charge is 0.433 e. The highest BCUT2D eigenvalue weighted by Crippen LogP contribution is 2.29. The van der Waals surface area contributed by atoms with Crippen molar-refractivity contribution in [2.45, 2.75) is 53.3 Å². The number of allylic oxidation sites excluding steroid dienone is 1. The van der Waals surface area contributed by atoms with Crippen molar-refractivity contribution in [1.29, 1.82) is 0 Å². The second-order valence-corrected chi connectivity index (χ2v) is 11.2. The molecule has 0 bridgehead atoms. The van der Waals surface area contributed by atoms with Crippen LogP contribution in [0.25, 0.3) is 11.4 Å². The summed E-state index contributed by atoms with van der Waals surface area (Å²) in [4.78, 5) is 56.3. The fraction of sp³-hybridized carbons (Fsp3) is 0.452. The van der Waals surface area contributed by atoms with Gasteiger partial charge < -0.3 is 29.5 Å². The third-order valence-electron chi connectivity index (χ3n) is 8.05. The maximum absolute atomic E-state index is 14.1. The number of hydrogen-bond donors (Lipinski definition) is 2. The summed E-state index contributed by atoms with van der Waals surface area (Å²) in [6.07, 6.45) is -0.540.